The maximum absolute atomic E-state index is 12.8. The van der Waals surface area contributed by atoms with Gasteiger partial charge in [0.2, 0.25) is 0 Å². The van der Waals surface area contributed by atoms with Crippen LogP contribution in [0.5, 0.6) is 0 Å². The summed E-state index contributed by atoms with van der Waals surface area (Å²) in [6.45, 7) is 15.3. The molecule has 3 N–H and O–H groups in total. The maximum Gasteiger partial charge on any atom is 0.276 e. The van der Waals surface area contributed by atoms with E-state index in [2.05, 4.69) is 81.3 Å². The fourth-order valence-corrected chi connectivity index (χ4v) is 9.33. The smallest absolute Gasteiger partial charge is 0.276 e. The van der Waals surface area contributed by atoms with E-state index in [1.54, 1.807) is 21.4 Å². The van der Waals surface area contributed by atoms with Gasteiger partial charge in [0, 0.05) is 75.8 Å². The molecule has 0 saturated carbocycles. The lowest BCUT2D eigenvalue weighted by Gasteiger charge is -2.24. The SMILES string of the molecule is CC1CN([C@H](C)c2ccccc2)CC1c1nn2c(C3CCOCC3)ncc2c(=O)[nH]1.CC1CNCC1c1nn2c(C3CCOCC3)ncc2c(=O)[nH]1.C[C@@H](Cl)c1ccccc1. The van der Waals surface area contributed by atoms with E-state index in [1.807, 2.05) is 37.3 Å². The Morgan fingerprint density at radius 1 is 0.656 bits per heavy atom. The molecule has 0 bridgehead atoms. The van der Waals surface area contributed by atoms with Crippen LogP contribution in [0.1, 0.15) is 123 Å². The zero-order valence-corrected chi connectivity index (χ0v) is 36.4. The number of likely N-dealkylation sites (tertiary alicyclic amines) is 1. The van der Waals surface area contributed by atoms with E-state index in [-0.39, 0.29) is 28.3 Å². The number of aromatic nitrogens is 8. The average molecular weight is 851 g/mol. The van der Waals surface area contributed by atoms with E-state index < -0.39 is 0 Å². The van der Waals surface area contributed by atoms with Crippen molar-refractivity contribution in [1.82, 2.24) is 49.4 Å². The predicted molar refractivity (Wildman–Crippen MR) is 237 cm³/mol. The Labute approximate surface area is 361 Å². The largest absolute Gasteiger partial charge is 0.381 e. The van der Waals surface area contributed by atoms with Gasteiger partial charge in [-0.1, -0.05) is 74.5 Å². The molecule has 4 unspecified atom stereocenters. The number of alkyl halides is 1. The van der Waals surface area contributed by atoms with Gasteiger partial charge in [-0.25, -0.2) is 19.0 Å². The lowest BCUT2D eigenvalue weighted by Crippen LogP contribution is -2.26. The summed E-state index contributed by atoms with van der Waals surface area (Å²) in [5, 5.41) is 13.1. The standard InChI is InChI=1S/C23H29N5O2.C15H21N5O2.C8H9Cl/c1-15-13-27(16(2)17-6-4-3-5-7-17)14-19(15)21-25-23(29)20-12-24-22(28(20)26-21)18-8-10-30-11-9-18;1-9-6-16-7-11(9)13-18-15(21)12-8-17-14(20(12)19-13)10-2-4-22-5-3-10;1-7(9)8-5-3-2-4-6-8/h3-7,12,15-16,18-19H,8-11,13-14H2,1-2H3,(H,25,26,29);8-11,16H,2-7H2,1H3,(H,18,19,21);2-7H,1H3/t15?,16-,19?;;7-/m1.1/s1. The normalized spacial score (nSPS) is 23.6. The van der Waals surface area contributed by atoms with Crippen molar-refractivity contribution < 1.29 is 9.47 Å². The molecule has 4 aliphatic heterocycles. The van der Waals surface area contributed by atoms with E-state index in [1.165, 1.54) is 11.1 Å². The minimum absolute atomic E-state index is 0.102. The second-order valence-corrected chi connectivity index (χ2v) is 17.8. The second kappa shape index (κ2) is 19.5. The van der Waals surface area contributed by atoms with Crippen molar-refractivity contribution in [2.75, 3.05) is 52.6 Å². The summed E-state index contributed by atoms with van der Waals surface area (Å²) in [6.07, 6.45) is 7.00. The molecular weight excluding hydrogens is 792 g/mol. The van der Waals surface area contributed by atoms with Crippen LogP contribution in [0.25, 0.3) is 11.0 Å². The van der Waals surface area contributed by atoms with Crippen LogP contribution in [0.2, 0.25) is 0 Å². The fourth-order valence-electron chi connectivity index (χ4n) is 9.18. The van der Waals surface area contributed by atoms with Crippen molar-refractivity contribution in [3.63, 3.8) is 0 Å². The Kier molecular flexibility index (Phi) is 13.8. The molecule has 6 atom stereocenters. The Morgan fingerprint density at radius 3 is 1.61 bits per heavy atom. The molecule has 61 heavy (non-hydrogen) atoms. The monoisotopic (exact) mass is 850 g/mol. The number of halogens is 1. The molecule has 2 aromatic carbocycles. The van der Waals surface area contributed by atoms with Gasteiger partial charge in [-0.3, -0.25) is 14.5 Å². The van der Waals surface area contributed by atoms with Crippen molar-refractivity contribution in [2.24, 2.45) is 11.8 Å². The second-order valence-electron chi connectivity index (χ2n) is 17.2. The van der Waals surface area contributed by atoms with E-state index in [0.717, 1.165) is 102 Å². The highest BCUT2D eigenvalue weighted by molar-refractivity contribution is 6.20. The Bertz CT molecular complexity index is 2460. The van der Waals surface area contributed by atoms with Gasteiger partial charge in [-0.2, -0.15) is 10.2 Å². The van der Waals surface area contributed by atoms with Crippen LogP contribution in [-0.4, -0.2) is 96.7 Å². The number of fused-ring (bicyclic) bond motifs is 2. The van der Waals surface area contributed by atoms with Gasteiger partial charge >= 0.3 is 0 Å². The number of nitrogens with one attached hydrogen (secondary N) is 3. The number of H-pyrrole nitrogens is 2. The van der Waals surface area contributed by atoms with Gasteiger partial charge in [0.05, 0.1) is 17.8 Å². The van der Waals surface area contributed by atoms with Gasteiger partial charge < -0.3 is 24.8 Å². The summed E-state index contributed by atoms with van der Waals surface area (Å²) in [5.41, 5.74) is 3.35. The maximum atomic E-state index is 12.8. The van der Waals surface area contributed by atoms with Crippen molar-refractivity contribution in [1.29, 1.82) is 0 Å². The first kappa shape index (κ1) is 42.9. The quantitative estimate of drug-likeness (QED) is 0.147. The first-order chi connectivity index (χ1) is 29.7. The van der Waals surface area contributed by atoms with Crippen molar-refractivity contribution in [3.8, 4) is 0 Å². The molecule has 0 radical (unpaired) electrons. The molecule has 6 aromatic rings. The van der Waals surface area contributed by atoms with Gasteiger partial charge in [0.1, 0.15) is 23.3 Å². The Balaban J connectivity index is 0.000000144. The number of rotatable bonds is 7. The molecule has 324 valence electrons. The third-order valence-corrected chi connectivity index (χ3v) is 13.3. The molecule has 8 heterocycles. The van der Waals surface area contributed by atoms with E-state index in [4.69, 9.17) is 31.3 Å². The number of hydrogen-bond acceptors (Lipinski definition) is 10. The summed E-state index contributed by atoms with van der Waals surface area (Å²) >= 11 is 5.80. The minimum atomic E-state index is -0.104. The molecule has 4 aliphatic rings. The van der Waals surface area contributed by atoms with Gasteiger partial charge in [-0.15, -0.1) is 11.6 Å². The third kappa shape index (κ3) is 9.68. The summed E-state index contributed by atoms with van der Waals surface area (Å²) in [5.74, 6) is 5.25. The Morgan fingerprint density at radius 2 is 1.15 bits per heavy atom. The lowest BCUT2D eigenvalue weighted by atomic mass is 9.97. The predicted octanol–water partition coefficient (Wildman–Crippen LogP) is 6.73. The number of aromatic amines is 2. The summed E-state index contributed by atoms with van der Waals surface area (Å²) in [4.78, 5) is 42.7. The molecule has 10 rings (SSSR count). The number of nitrogens with zero attached hydrogens (tertiary/aromatic N) is 7. The molecule has 0 amide bonds. The first-order valence-electron chi connectivity index (χ1n) is 22.0. The summed E-state index contributed by atoms with van der Waals surface area (Å²) < 4.78 is 14.5. The molecule has 0 aliphatic carbocycles. The van der Waals surface area contributed by atoms with Crippen molar-refractivity contribution >= 4 is 22.6 Å². The lowest BCUT2D eigenvalue weighted by molar-refractivity contribution is 0.0831. The molecule has 0 spiro atoms. The number of imidazole rings is 2. The first-order valence-corrected chi connectivity index (χ1v) is 22.4. The van der Waals surface area contributed by atoms with Crippen molar-refractivity contribution in [2.45, 2.75) is 88.5 Å². The highest BCUT2D eigenvalue weighted by Gasteiger charge is 2.36. The van der Waals surface area contributed by atoms with Crippen LogP contribution < -0.4 is 16.4 Å². The highest BCUT2D eigenvalue weighted by Crippen LogP contribution is 2.36. The molecule has 15 heteroatoms. The van der Waals surface area contributed by atoms with Crippen LogP contribution in [0, 0.1) is 11.8 Å². The van der Waals surface area contributed by atoms with E-state index in [9.17, 15) is 9.59 Å². The highest BCUT2D eigenvalue weighted by atomic mass is 35.5. The fraction of sp³-hybridized carbons (Fsp3) is 0.522. The van der Waals surface area contributed by atoms with Gasteiger partial charge in [-0.05, 0) is 69.0 Å². The molecule has 14 nitrogen and oxygen atoms in total. The molecule has 4 aromatic heterocycles. The van der Waals surface area contributed by atoms with Crippen LogP contribution in [0.15, 0.2) is 82.6 Å². The third-order valence-electron chi connectivity index (χ3n) is 13.0. The zero-order valence-electron chi connectivity index (χ0n) is 35.7. The molecule has 4 fully saturated rings. The average Bonchev–Trinajstić information content (AvgIpc) is 4.11. The van der Waals surface area contributed by atoms with E-state index in [0.29, 0.717) is 40.7 Å². The van der Waals surface area contributed by atoms with Gasteiger partial charge in [0.15, 0.2) is 11.0 Å². The number of benzene rings is 2. The Hall–Kier alpha value is -4.73. The molecule has 4 saturated heterocycles. The molecular formula is C46H59ClN10O4. The van der Waals surface area contributed by atoms with Crippen LogP contribution >= 0.6 is 11.6 Å². The summed E-state index contributed by atoms with van der Waals surface area (Å²) in [6, 6.07) is 21.0. The van der Waals surface area contributed by atoms with Crippen LogP contribution in [-0.2, 0) is 9.47 Å². The van der Waals surface area contributed by atoms with Crippen molar-refractivity contribution in [3.05, 3.63) is 128 Å². The summed E-state index contributed by atoms with van der Waals surface area (Å²) in [7, 11) is 0. The van der Waals surface area contributed by atoms with Crippen LogP contribution in [0.4, 0.5) is 0 Å². The zero-order chi connectivity index (χ0) is 42.5. The number of ether oxygens (including phenoxy) is 2. The van der Waals surface area contributed by atoms with Gasteiger partial charge in [0.25, 0.3) is 11.1 Å². The van der Waals surface area contributed by atoms with Crippen LogP contribution in [0.3, 0.4) is 0 Å². The topological polar surface area (TPSA) is 160 Å². The number of hydrogen-bond donors (Lipinski definition) is 3. The van der Waals surface area contributed by atoms with E-state index >= 15 is 0 Å². The minimum Gasteiger partial charge on any atom is -0.381 e.